The highest BCUT2D eigenvalue weighted by molar-refractivity contribution is 5.81. The van der Waals surface area contributed by atoms with Crippen molar-refractivity contribution in [2.24, 2.45) is 0 Å². The Morgan fingerprint density at radius 3 is 2.65 bits per heavy atom. The van der Waals surface area contributed by atoms with Gasteiger partial charge in [0.2, 0.25) is 5.91 Å². The second-order valence-corrected chi connectivity index (χ2v) is 5.75. The maximum atomic E-state index is 12.0. The highest BCUT2D eigenvalue weighted by Gasteiger charge is 2.24. The van der Waals surface area contributed by atoms with Gasteiger partial charge in [-0.2, -0.15) is 0 Å². The van der Waals surface area contributed by atoms with E-state index < -0.39 is 0 Å². The van der Waals surface area contributed by atoms with Crippen LogP contribution in [-0.2, 0) is 4.79 Å². The van der Waals surface area contributed by atoms with Gasteiger partial charge in [0.15, 0.2) is 0 Å². The Kier molecular flexibility index (Phi) is 7.10. The minimum absolute atomic E-state index is 0.0748. The summed E-state index contributed by atoms with van der Waals surface area (Å²) in [5.41, 5.74) is 0. The van der Waals surface area contributed by atoms with Crippen molar-refractivity contribution >= 4 is 5.91 Å². The lowest BCUT2D eigenvalue weighted by Crippen LogP contribution is -2.54. The average Bonchev–Trinajstić information content (AvgIpc) is 2.60. The molecule has 1 aliphatic heterocycles. The van der Waals surface area contributed by atoms with Crippen LogP contribution in [0, 0.1) is 0 Å². The van der Waals surface area contributed by atoms with Crippen molar-refractivity contribution in [1.82, 2.24) is 15.1 Å². The number of rotatable bonds is 8. The van der Waals surface area contributed by atoms with Crippen LogP contribution >= 0.6 is 0 Å². The van der Waals surface area contributed by atoms with E-state index in [1.54, 1.807) is 6.08 Å². The molecule has 126 valence electrons. The summed E-state index contributed by atoms with van der Waals surface area (Å²) in [5.74, 6) is 0.990. The number of carbonyl (C=O) groups excluding carboxylic acids is 1. The molecule has 1 unspecified atom stereocenters. The van der Waals surface area contributed by atoms with E-state index in [0.29, 0.717) is 13.2 Å². The summed E-state index contributed by atoms with van der Waals surface area (Å²) in [7, 11) is 0. The summed E-state index contributed by atoms with van der Waals surface area (Å²) in [6.45, 7) is 11.5. The van der Waals surface area contributed by atoms with Gasteiger partial charge in [-0.1, -0.05) is 24.3 Å². The summed E-state index contributed by atoms with van der Waals surface area (Å²) in [6.07, 6.45) is 1.70. The highest BCUT2D eigenvalue weighted by atomic mass is 16.5. The molecule has 0 bridgehead atoms. The first-order valence-corrected chi connectivity index (χ1v) is 8.23. The first-order valence-electron chi connectivity index (χ1n) is 8.23. The molecule has 1 heterocycles. The van der Waals surface area contributed by atoms with Gasteiger partial charge in [0, 0.05) is 39.3 Å². The van der Waals surface area contributed by atoms with Crippen LogP contribution in [0.4, 0.5) is 0 Å². The third-order valence-electron chi connectivity index (χ3n) is 4.17. The number of amides is 1. The zero-order chi connectivity index (χ0) is 16.5. The topological polar surface area (TPSA) is 44.8 Å². The molecule has 23 heavy (non-hydrogen) atoms. The van der Waals surface area contributed by atoms with E-state index in [9.17, 15) is 4.79 Å². The molecule has 1 amide bonds. The molecule has 5 heteroatoms. The van der Waals surface area contributed by atoms with Crippen molar-refractivity contribution in [2.45, 2.75) is 13.0 Å². The lowest BCUT2D eigenvalue weighted by Gasteiger charge is -2.37. The van der Waals surface area contributed by atoms with E-state index in [4.69, 9.17) is 4.74 Å². The molecule has 0 saturated carbocycles. The van der Waals surface area contributed by atoms with Crippen LogP contribution in [-0.4, -0.2) is 67.6 Å². The maximum Gasteiger partial charge on any atom is 0.237 e. The van der Waals surface area contributed by atoms with Gasteiger partial charge in [0.1, 0.15) is 12.4 Å². The molecule has 1 aromatic rings. The molecule has 0 aromatic heterocycles. The minimum Gasteiger partial charge on any atom is -0.492 e. The number of piperazine rings is 1. The normalized spacial score (nSPS) is 17.4. The number of carbonyl (C=O) groups is 1. The van der Waals surface area contributed by atoms with E-state index in [2.05, 4.69) is 21.7 Å². The predicted octanol–water partition coefficient (Wildman–Crippen LogP) is 1.37. The lowest BCUT2D eigenvalue weighted by atomic mass is 10.2. The third kappa shape index (κ3) is 5.69. The summed E-state index contributed by atoms with van der Waals surface area (Å²) in [5, 5.41) is 2.86. The van der Waals surface area contributed by atoms with Gasteiger partial charge in [0.05, 0.1) is 6.04 Å². The Hall–Kier alpha value is -1.85. The Balaban J connectivity index is 1.65. The number of hydrogen-bond donors (Lipinski definition) is 1. The zero-order valence-corrected chi connectivity index (χ0v) is 13.9. The Morgan fingerprint density at radius 2 is 2.00 bits per heavy atom. The second-order valence-electron chi connectivity index (χ2n) is 5.75. The fourth-order valence-corrected chi connectivity index (χ4v) is 2.67. The van der Waals surface area contributed by atoms with Gasteiger partial charge in [-0.15, -0.1) is 6.58 Å². The first kappa shape index (κ1) is 17.5. The van der Waals surface area contributed by atoms with E-state index in [1.165, 1.54) is 0 Å². The zero-order valence-electron chi connectivity index (χ0n) is 13.9. The summed E-state index contributed by atoms with van der Waals surface area (Å²) >= 11 is 0. The van der Waals surface area contributed by atoms with Gasteiger partial charge in [-0.25, -0.2) is 0 Å². The molecule has 2 rings (SSSR count). The van der Waals surface area contributed by atoms with Gasteiger partial charge in [0.25, 0.3) is 0 Å². The van der Waals surface area contributed by atoms with Crippen molar-refractivity contribution in [3.63, 3.8) is 0 Å². The van der Waals surface area contributed by atoms with Crippen LogP contribution in [0.3, 0.4) is 0 Å². The van der Waals surface area contributed by atoms with Crippen LogP contribution in [0.15, 0.2) is 43.0 Å². The van der Waals surface area contributed by atoms with Crippen LogP contribution in [0.25, 0.3) is 0 Å². The third-order valence-corrected chi connectivity index (χ3v) is 4.17. The minimum atomic E-state index is -0.0855. The Morgan fingerprint density at radius 1 is 1.30 bits per heavy atom. The fraction of sp³-hybridized carbons (Fsp3) is 0.500. The molecule has 1 aromatic carbocycles. The molecule has 0 spiro atoms. The molecule has 1 fully saturated rings. The molecule has 0 aliphatic carbocycles. The fourth-order valence-electron chi connectivity index (χ4n) is 2.67. The smallest absolute Gasteiger partial charge is 0.237 e. The number of nitrogens with one attached hydrogen (secondary N) is 1. The van der Waals surface area contributed by atoms with Gasteiger partial charge in [-0.3, -0.25) is 14.6 Å². The molecule has 5 nitrogen and oxygen atoms in total. The summed E-state index contributed by atoms with van der Waals surface area (Å²) in [4.78, 5) is 16.6. The molecule has 1 N–H and O–H groups in total. The molecular formula is C18H27N3O2. The van der Waals surface area contributed by atoms with Gasteiger partial charge in [-0.05, 0) is 19.1 Å². The standard InChI is InChI=1S/C18H27N3O2/c1-3-9-19-18(22)16(2)21-12-10-20(11-13-21)14-15-23-17-7-5-4-6-8-17/h3-8,16H,1,9-15H2,2H3,(H,19,22). The van der Waals surface area contributed by atoms with Crippen molar-refractivity contribution in [3.8, 4) is 5.75 Å². The Labute approximate surface area is 138 Å². The summed E-state index contributed by atoms with van der Waals surface area (Å²) < 4.78 is 5.74. The quantitative estimate of drug-likeness (QED) is 0.736. The van der Waals surface area contributed by atoms with Crippen LogP contribution in [0.1, 0.15) is 6.92 Å². The van der Waals surface area contributed by atoms with Crippen molar-refractivity contribution in [1.29, 1.82) is 0 Å². The van der Waals surface area contributed by atoms with Crippen molar-refractivity contribution < 1.29 is 9.53 Å². The summed E-state index contributed by atoms with van der Waals surface area (Å²) in [6, 6.07) is 9.80. The maximum absolute atomic E-state index is 12.0. The van der Waals surface area contributed by atoms with E-state index in [0.717, 1.165) is 38.5 Å². The van der Waals surface area contributed by atoms with E-state index in [-0.39, 0.29) is 11.9 Å². The average molecular weight is 317 g/mol. The molecular weight excluding hydrogens is 290 g/mol. The molecule has 0 radical (unpaired) electrons. The number of para-hydroxylation sites is 1. The van der Waals surface area contributed by atoms with Crippen LogP contribution in [0.2, 0.25) is 0 Å². The highest BCUT2D eigenvalue weighted by Crippen LogP contribution is 2.09. The molecule has 1 aliphatic rings. The number of ether oxygens (including phenoxy) is 1. The van der Waals surface area contributed by atoms with Gasteiger partial charge >= 0.3 is 0 Å². The van der Waals surface area contributed by atoms with E-state index >= 15 is 0 Å². The number of benzene rings is 1. The second kappa shape index (κ2) is 9.33. The SMILES string of the molecule is C=CCNC(=O)C(C)N1CCN(CCOc2ccccc2)CC1. The van der Waals surface area contributed by atoms with Crippen molar-refractivity contribution in [2.75, 3.05) is 45.9 Å². The van der Waals surface area contributed by atoms with Gasteiger partial charge < -0.3 is 10.1 Å². The van der Waals surface area contributed by atoms with Crippen molar-refractivity contribution in [3.05, 3.63) is 43.0 Å². The molecule has 1 saturated heterocycles. The lowest BCUT2D eigenvalue weighted by molar-refractivity contribution is -0.126. The number of nitrogens with zero attached hydrogens (tertiary/aromatic N) is 2. The Bertz CT molecular complexity index is 484. The predicted molar refractivity (Wildman–Crippen MR) is 92.6 cm³/mol. The molecule has 1 atom stereocenters. The largest absolute Gasteiger partial charge is 0.492 e. The monoisotopic (exact) mass is 317 g/mol. The number of hydrogen-bond acceptors (Lipinski definition) is 4. The van der Waals surface area contributed by atoms with Crippen LogP contribution in [0.5, 0.6) is 5.75 Å². The first-order chi connectivity index (χ1) is 11.2. The van der Waals surface area contributed by atoms with E-state index in [1.807, 2.05) is 37.3 Å². The van der Waals surface area contributed by atoms with Crippen LogP contribution < -0.4 is 10.1 Å².